The zero-order chi connectivity index (χ0) is 12.2. The second-order valence-electron chi connectivity index (χ2n) is 4.38. The summed E-state index contributed by atoms with van der Waals surface area (Å²) in [7, 11) is 0. The van der Waals surface area contributed by atoms with Crippen molar-refractivity contribution in [2.45, 2.75) is 40.2 Å². The number of aliphatic carboxylic acids is 1. The van der Waals surface area contributed by atoms with Gasteiger partial charge in [-0.1, -0.05) is 0 Å². The molecule has 0 aliphatic heterocycles. The van der Waals surface area contributed by atoms with Crippen LogP contribution in [0, 0.1) is 0 Å². The van der Waals surface area contributed by atoms with Crippen LogP contribution in [0.2, 0.25) is 0 Å². The van der Waals surface area contributed by atoms with E-state index < -0.39 is 12.0 Å². The molecule has 5 nitrogen and oxygen atoms in total. The number of nitrogens with one attached hydrogen (secondary N) is 2. The van der Waals surface area contributed by atoms with Crippen LogP contribution in [-0.2, 0) is 4.79 Å². The van der Waals surface area contributed by atoms with Crippen LogP contribution in [-0.4, -0.2) is 22.6 Å². The minimum atomic E-state index is -1.04. The largest absolute Gasteiger partial charge is 0.478 e. The molecular formula is C10H18N2O3. The summed E-state index contributed by atoms with van der Waals surface area (Å²) in [6, 6.07) is -0.402. The van der Waals surface area contributed by atoms with Crippen LogP contribution in [0.25, 0.3) is 0 Å². The van der Waals surface area contributed by atoms with Gasteiger partial charge in [0, 0.05) is 11.2 Å². The summed E-state index contributed by atoms with van der Waals surface area (Å²) in [4.78, 5) is 21.9. The quantitative estimate of drug-likeness (QED) is 0.609. The van der Waals surface area contributed by atoms with E-state index in [1.54, 1.807) is 6.92 Å². The fraction of sp³-hybridized carbons (Fsp3) is 0.600. The minimum absolute atomic E-state index is 0.124. The summed E-state index contributed by atoms with van der Waals surface area (Å²) in [6.07, 6.45) is 0. The first-order valence-electron chi connectivity index (χ1n) is 4.63. The molecule has 0 bridgehead atoms. The monoisotopic (exact) mass is 214 g/mol. The molecule has 3 N–H and O–H groups in total. The molecule has 0 fully saturated rings. The summed E-state index contributed by atoms with van der Waals surface area (Å²) in [6.45, 7) is 8.52. The predicted octanol–water partition coefficient (Wildman–Crippen LogP) is 1.46. The SMILES string of the molecule is CC(NC(=O)NC(C)(C)C)=C(C)C(=O)O. The van der Waals surface area contributed by atoms with E-state index in [-0.39, 0.29) is 11.1 Å². The zero-order valence-corrected chi connectivity index (χ0v) is 9.76. The molecule has 15 heavy (non-hydrogen) atoms. The van der Waals surface area contributed by atoms with Crippen LogP contribution in [0.1, 0.15) is 34.6 Å². The van der Waals surface area contributed by atoms with Crippen LogP contribution in [0.5, 0.6) is 0 Å². The number of carboxylic acid groups (broad SMARTS) is 1. The summed E-state index contributed by atoms with van der Waals surface area (Å²) < 4.78 is 0. The number of amides is 2. The lowest BCUT2D eigenvalue weighted by Crippen LogP contribution is -2.46. The van der Waals surface area contributed by atoms with Gasteiger partial charge < -0.3 is 15.7 Å². The Hall–Kier alpha value is -1.52. The first-order valence-corrected chi connectivity index (χ1v) is 4.63. The highest BCUT2D eigenvalue weighted by molar-refractivity contribution is 5.88. The van der Waals surface area contributed by atoms with Gasteiger partial charge in [0.15, 0.2) is 0 Å². The van der Waals surface area contributed by atoms with Gasteiger partial charge in [-0.15, -0.1) is 0 Å². The van der Waals surface area contributed by atoms with Crippen molar-refractivity contribution < 1.29 is 14.7 Å². The Morgan fingerprint density at radius 1 is 1.13 bits per heavy atom. The van der Waals surface area contributed by atoms with E-state index in [2.05, 4.69) is 10.6 Å². The van der Waals surface area contributed by atoms with Gasteiger partial charge in [0.25, 0.3) is 0 Å². The smallest absolute Gasteiger partial charge is 0.333 e. The van der Waals surface area contributed by atoms with E-state index in [1.807, 2.05) is 20.8 Å². The molecule has 0 heterocycles. The van der Waals surface area contributed by atoms with Crippen molar-refractivity contribution in [2.24, 2.45) is 0 Å². The summed E-state index contributed by atoms with van der Waals surface area (Å²) >= 11 is 0. The van der Waals surface area contributed by atoms with Gasteiger partial charge >= 0.3 is 12.0 Å². The average Bonchev–Trinajstić information content (AvgIpc) is 1.98. The van der Waals surface area contributed by atoms with E-state index in [1.165, 1.54) is 6.92 Å². The molecule has 0 radical (unpaired) electrons. The third-order valence-electron chi connectivity index (χ3n) is 1.67. The number of urea groups is 1. The maximum atomic E-state index is 11.3. The van der Waals surface area contributed by atoms with Crippen molar-refractivity contribution in [3.8, 4) is 0 Å². The van der Waals surface area contributed by atoms with Crippen molar-refractivity contribution in [1.82, 2.24) is 10.6 Å². The average molecular weight is 214 g/mol. The number of carbonyl (C=O) groups excluding carboxylic acids is 1. The number of carboxylic acids is 1. The lowest BCUT2D eigenvalue weighted by atomic mass is 10.1. The van der Waals surface area contributed by atoms with Crippen LogP contribution >= 0.6 is 0 Å². The molecule has 0 aliphatic carbocycles. The fourth-order valence-electron chi connectivity index (χ4n) is 0.796. The van der Waals surface area contributed by atoms with Gasteiger partial charge in [0.2, 0.25) is 0 Å². The van der Waals surface area contributed by atoms with Crippen LogP contribution in [0.4, 0.5) is 4.79 Å². The number of hydrogen-bond acceptors (Lipinski definition) is 2. The molecule has 86 valence electrons. The maximum Gasteiger partial charge on any atom is 0.333 e. The minimum Gasteiger partial charge on any atom is -0.478 e. The van der Waals surface area contributed by atoms with Gasteiger partial charge in [-0.2, -0.15) is 0 Å². The highest BCUT2D eigenvalue weighted by atomic mass is 16.4. The third kappa shape index (κ3) is 5.72. The second-order valence-corrected chi connectivity index (χ2v) is 4.38. The molecule has 2 amide bonds. The molecule has 0 aliphatic rings. The molecule has 0 spiro atoms. The van der Waals surface area contributed by atoms with E-state index in [9.17, 15) is 9.59 Å². The molecule has 0 aromatic rings. The lowest BCUT2D eigenvalue weighted by molar-refractivity contribution is -0.132. The molecule has 0 aromatic heterocycles. The fourth-order valence-corrected chi connectivity index (χ4v) is 0.796. The van der Waals surface area contributed by atoms with Crippen LogP contribution in [0.15, 0.2) is 11.3 Å². The Kier molecular flexibility index (Phi) is 4.33. The Balaban J connectivity index is 4.44. The van der Waals surface area contributed by atoms with Crippen molar-refractivity contribution in [3.05, 3.63) is 11.3 Å². The Morgan fingerprint density at radius 2 is 1.60 bits per heavy atom. The van der Waals surface area contributed by atoms with E-state index in [0.717, 1.165) is 0 Å². The van der Waals surface area contributed by atoms with E-state index in [0.29, 0.717) is 5.70 Å². The summed E-state index contributed by atoms with van der Waals surface area (Å²) in [5.41, 5.74) is 0.116. The zero-order valence-electron chi connectivity index (χ0n) is 9.76. The molecule has 0 unspecified atom stereocenters. The number of allylic oxidation sites excluding steroid dienone is 1. The maximum absolute atomic E-state index is 11.3. The predicted molar refractivity (Wildman–Crippen MR) is 57.4 cm³/mol. The van der Waals surface area contributed by atoms with Gasteiger partial charge in [-0.05, 0) is 34.6 Å². The number of carbonyl (C=O) groups is 2. The first-order chi connectivity index (χ1) is 6.63. The first kappa shape index (κ1) is 13.5. The van der Waals surface area contributed by atoms with Gasteiger partial charge in [-0.25, -0.2) is 9.59 Å². The molecule has 5 heteroatoms. The normalized spacial score (nSPS) is 12.9. The topological polar surface area (TPSA) is 78.4 Å². The Morgan fingerprint density at radius 3 is 1.93 bits per heavy atom. The summed E-state index contributed by atoms with van der Waals surface area (Å²) in [5, 5.41) is 13.8. The molecule has 0 aromatic carbocycles. The van der Waals surface area contributed by atoms with Gasteiger partial charge in [0.1, 0.15) is 0 Å². The standard InChI is InChI=1S/C10H18N2O3/c1-6(8(13)14)7(2)11-9(15)12-10(3,4)5/h1-5H3,(H,13,14)(H2,11,12,15). The van der Waals surface area contributed by atoms with Crippen LogP contribution < -0.4 is 10.6 Å². The van der Waals surface area contributed by atoms with Gasteiger partial charge in [-0.3, -0.25) is 0 Å². The highest BCUT2D eigenvalue weighted by Gasteiger charge is 2.14. The molecule has 0 saturated carbocycles. The van der Waals surface area contributed by atoms with Crippen molar-refractivity contribution in [2.75, 3.05) is 0 Å². The second kappa shape index (κ2) is 4.82. The molecular weight excluding hydrogens is 196 g/mol. The Bertz CT molecular complexity index is 300. The molecule has 0 atom stereocenters. The summed E-state index contributed by atoms with van der Waals surface area (Å²) in [5.74, 6) is -1.04. The number of rotatable bonds is 2. The van der Waals surface area contributed by atoms with Gasteiger partial charge in [0.05, 0.1) is 5.57 Å². The van der Waals surface area contributed by atoms with Crippen LogP contribution in [0.3, 0.4) is 0 Å². The number of hydrogen-bond donors (Lipinski definition) is 3. The van der Waals surface area contributed by atoms with E-state index in [4.69, 9.17) is 5.11 Å². The lowest BCUT2D eigenvalue weighted by Gasteiger charge is -2.21. The Labute approximate surface area is 89.6 Å². The van der Waals surface area contributed by atoms with E-state index >= 15 is 0 Å². The highest BCUT2D eigenvalue weighted by Crippen LogP contribution is 2.01. The third-order valence-corrected chi connectivity index (χ3v) is 1.67. The molecule has 0 rings (SSSR count). The van der Waals surface area contributed by atoms with Crippen molar-refractivity contribution in [3.63, 3.8) is 0 Å². The van der Waals surface area contributed by atoms with Crippen molar-refractivity contribution in [1.29, 1.82) is 0 Å². The molecule has 0 saturated heterocycles. The van der Waals surface area contributed by atoms with Crippen molar-refractivity contribution >= 4 is 12.0 Å².